The van der Waals surface area contributed by atoms with E-state index in [1.807, 2.05) is 6.92 Å². The minimum Gasteiger partial charge on any atom is -0.496 e. The molecular formula is C18H17N3O5. The molecule has 2 aromatic rings. The number of methoxy groups -OCH3 is 1. The van der Waals surface area contributed by atoms with Crippen LogP contribution in [0.2, 0.25) is 0 Å². The summed E-state index contributed by atoms with van der Waals surface area (Å²) in [5, 5.41) is 15.2. The maximum absolute atomic E-state index is 11.8. The van der Waals surface area contributed by atoms with Crippen molar-refractivity contribution in [3.05, 3.63) is 59.2 Å². The molecule has 2 rings (SSSR count). The molecule has 134 valence electrons. The number of anilines is 1. The van der Waals surface area contributed by atoms with Gasteiger partial charge < -0.3 is 15.2 Å². The zero-order valence-electron chi connectivity index (χ0n) is 14.1. The highest BCUT2D eigenvalue weighted by Crippen LogP contribution is 2.19. The summed E-state index contributed by atoms with van der Waals surface area (Å²) in [6.07, 6.45) is 1.23. The van der Waals surface area contributed by atoms with Gasteiger partial charge in [0.05, 0.1) is 13.3 Å². The largest absolute Gasteiger partial charge is 0.496 e. The third-order valence-electron chi connectivity index (χ3n) is 3.35. The maximum atomic E-state index is 11.8. The first-order valence-electron chi connectivity index (χ1n) is 7.53. The number of hydrazone groups is 1. The maximum Gasteiger partial charge on any atom is 0.339 e. The molecule has 0 saturated carbocycles. The lowest BCUT2D eigenvalue weighted by molar-refractivity contribution is -0.136. The Labute approximate surface area is 149 Å². The minimum absolute atomic E-state index is 0.0418. The Kier molecular flexibility index (Phi) is 6.05. The molecule has 0 aliphatic heterocycles. The van der Waals surface area contributed by atoms with E-state index in [1.54, 1.807) is 30.3 Å². The molecule has 8 heteroatoms. The number of carboxylic acid groups (broad SMARTS) is 1. The zero-order chi connectivity index (χ0) is 19.1. The van der Waals surface area contributed by atoms with Crippen LogP contribution in [-0.2, 0) is 9.59 Å². The van der Waals surface area contributed by atoms with Gasteiger partial charge in [0.1, 0.15) is 11.3 Å². The SMILES string of the molecule is COc1ccc(/C=N\NC(=O)C(=O)Nc2ccc(C)cc2)cc1C(=O)O. The standard InChI is InChI=1S/C18H17N3O5/c1-11-3-6-13(7-4-11)20-16(22)17(23)21-19-10-12-5-8-15(26-2)14(9-12)18(24)25/h3-10H,1-2H3,(H,20,22)(H,21,23)(H,24,25)/b19-10-. The molecule has 2 aromatic carbocycles. The molecule has 0 heterocycles. The number of nitrogens with zero attached hydrogens (tertiary/aromatic N) is 1. The van der Waals surface area contributed by atoms with Crippen molar-refractivity contribution in [2.45, 2.75) is 6.92 Å². The third kappa shape index (κ3) is 4.91. The zero-order valence-corrected chi connectivity index (χ0v) is 14.1. The van der Waals surface area contributed by atoms with Gasteiger partial charge in [-0.15, -0.1) is 0 Å². The molecule has 0 spiro atoms. The van der Waals surface area contributed by atoms with E-state index in [4.69, 9.17) is 9.84 Å². The summed E-state index contributed by atoms with van der Waals surface area (Å²) in [7, 11) is 1.36. The number of hydrogen-bond donors (Lipinski definition) is 3. The second-order valence-corrected chi connectivity index (χ2v) is 5.28. The van der Waals surface area contributed by atoms with Crippen LogP contribution in [0.1, 0.15) is 21.5 Å². The highest BCUT2D eigenvalue weighted by atomic mass is 16.5. The van der Waals surface area contributed by atoms with Crippen LogP contribution >= 0.6 is 0 Å². The van der Waals surface area contributed by atoms with Crippen LogP contribution in [0, 0.1) is 6.92 Å². The summed E-state index contributed by atoms with van der Waals surface area (Å²) in [5.74, 6) is -2.77. The molecule has 0 aromatic heterocycles. The summed E-state index contributed by atoms with van der Waals surface area (Å²) in [6, 6.07) is 11.3. The Balaban J connectivity index is 1.97. The Morgan fingerprint density at radius 3 is 2.38 bits per heavy atom. The molecular weight excluding hydrogens is 338 g/mol. The average molecular weight is 355 g/mol. The predicted octanol–water partition coefficient (Wildman–Crippen LogP) is 1.79. The Morgan fingerprint density at radius 1 is 1.08 bits per heavy atom. The van der Waals surface area contributed by atoms with Gasteiger partial charge in [0.15, 0.2) is 0 Å². The summed E-state index contributed by atoms with van der Waals surface area (Å²) >= 11 is 0. The van der Waals surface area contributed by atoms with Gasteiger partial charge in [-0.1, -0.05) is 17.7 Å². The number of hydrogen-bond acceptors (Lipinski definition) is 5. The first-order valence-corrected chi connectivity index (χ1v) is 7.53. The molecule has 0 atom stereocenters. The molecule has 0 bridgehead atoms. The molecule has 0 fully saturated rings. The van der Waals surface area contributed by atoms with E-state index < -0.39 is 17.8 Å². The molecule has 26 heavy (non-hydrogen) atoms. The van der Waals surface area contributed by atoms with Crippen molar-refractivity contribution in [2.24, 2.45) is 5.10 Å². The van der Waals surface area contributed by atoms with Gasteiger partial charge in [0.25, 0.3) is 0 Å². The van der Waals surface area contributed by atoms with Crippen molar-refractivity contribution in [3.63, 3.8) is 0 Å². The van der Waals surface area contributed by atoms with Gasteiger partial charge in [-0.2, -0.15) is 5.10 Å². The Hall–Kier alpha value is -3.68. The van der Waals surface area contributed by atoms with Crippen LogP contribution in [-0.4, -0.2) is 36.2 Å². The first-order chi connectivity index (χ1) is 12.4. The number of aryl methyl sites for hydroxylation is 1. The normalized spacial score (nSPS) is 10.4. The first kappa shape index (κ1) is 18.7. The van der Waals surface area contributed by atoms with Gasteiger partial charge in [0, 0.05) is 5.69 Å². The summed E-state index contributed by atoms with van der Waals surface area (Å²) in [5.41, 5.74) is 3.97. The van der Waals surface area contributed by atoms with Gasteiger partial charge in [0.2, 0.25) is 0 Å². The molecule has 0 saturated heterocycles. The monoisotopic (exact) mass is 355 g/mol. The number of amides is 2. The van der Waals surface area contributed by atoms with Crippen molar-refractivity contribution in [3.8, 4) is 5.75 Å². The Bertz CT molecular complexity index is 860. The lowest BCUT2D eigenvalue weighted by atomic mass is 10.1. The van der Waals surface area contributed by atoms with E-state index in [0.717, 1.165) is 5.56 Å². The number of ether oxygens (including phenoxy) is 1. The van der Waals surface area contributed by atoms with Crippen LogP contribution < -0.4 is 15.5 Å². The molecule has 0 aliphatic rings. The van der Waals surface area contributed by atoms with Crippen LogP contribution in [0.3, 0.4) is 0 Å². The number of aromatic carboxylic acids is 1. The lowest BCUT2D eigenvalue weighted by Gasteiger charge is -2.05. The van der Waals surface area contributed by atoms with E-state index >= 15 is 0 Å². The number of carbonyl (C=O) groups is 3. The fourth-order valence-corrected chi connectivity index (χ4v) is 2.01. The van der Waals surface area contributed by atoms with Crippen LogP contribution in [0.15, 0.2) is 47.6 Å². The van der Waals surface area contributed by atoms with E-state index in [0.29, 0.717) is 11.3 Å². The van der Waals surface area contributed by atoms with Crippen molar-refractivity contribution >= 4 is 29.7 Å². The van der Waals surface area contributed by atoms with Gasteiger partial charge in [-0.05, 0) is 42.8 Å². The van der Waals surface area contributed by atoms with Crippen molar-refractivity contribution in [2.75, 3.05) is 12.4 Å². The van der Waals surface area contributed by atoms with E-state index in [1.165, 1.54) is 25.5 Å². The number of nitrogens with one attached hydrogen (secondary N) is 2. The van der Waals surface area contributed by atoms with Gasteiger partial charge in [-0.25, -0.2) is 10.2 Å². The molecule has 2 amide bonds. The summed E-state index contributed by atoms with van der Waals surface area (Å²) < 4.78 is 4.95. The third-order valence-corrected chi connectivity index (χ3v) is 3.35. The van der Waals surface area contributed by atoms with Crippen LogP contribution in [0.25, 0.3) is 0 Å². The number of carboxylic acids is 1. The second-order valence-electron chi connectivity index (χ2n) is 5.28. The smallest absolute Gasteiger partial charge is 0.339 e. The topological polar surface area (TPSA) is 117 Å². The molecule has 3 N–H and O–H groups in total. The van der Waals surface area contributed by atoms with Crippen molar-refractivity contribution in [1.29, 1.82) is 0 Å². The highest BCUT2D eigenvalue weighted by molar-refractivity contribution is 6.39. The van der Waals surface area contributed by atoms with E-state index in [2.05, 4.69) is 15.8 Å². The predicted molar refractivity (Wildman–Crippen MR) is 95.5 cm³/mol. The van der Waals surface area contributed by atoms with E-state index in [-0.39, 0.29) is 11.3 Å². The van der Waals surface area contributed by atoms with Crippen molar-refractivity contribution in [1.82, 2.24) is 5.43 Å². The number of benzene rings is 2. The Morgan fingerprint density at radius 2 is 1.77 bits per heavy atom. The van der Waals surface area contributed by atoms with Gasteiger partial charge in [-0.3, -0.25) is 9.59 Å². The highest BCUT2D eigenvalue weighted by Gasteiger charge is 2.13. The van der Waals surface area contributed by atoms with Crippen LogP contribution in [0.4, 0.5) is 5.69 Å². The molecule has 8 nitrogen and oxygen atoms in total. The molecule has 0 unspecified atom stereocenters. The number of rotatable bonds is 5. The van der Waals surface area contributed by atoms with Crippen molar-refractivity contribution < 1.29 is 24.2 Å². The van der Waals surface area contributed by atoms with Gasteiger partial charge >= 0.3 is 17.8 Å². The fraction of sp³-hybridized carbons (Fsp3) is 0.111. The second kappa shape index (κ2) is 8.43. The molecule has 0 radical (unpaired) electrons. The summed E-state index contributed by atoms with van der Waals surface area (Å²) in [6.45, 7) is 1.90. The fourth-order valence-electron chi connectivity index (χ4n) is 2.01. The lowest BCUT2D eigenvalue weighted by Crippen LogP contribution is -2.32. The van der Waals surface area contributed by atoms with Crippen LogP contribution in [0.5, 0.6) is 5.75 Å². The van der Waals surface area contributed by atoms with E-state index in [9.17, 15) is 14.4 Å². The summed E-state index contributed by atoms with van der Waals surface area (Å²) in [4.78, 5) is 34.7. The molecule has 0 aliphatic carbocycles. The quantitative estimate of drug-likeness (QED) is 0.429. The number of carbonyl (C=O) groups excluding carboxylic acids is 2. The average Bonchev–Trinajstić information content (AvgIpc) is 2.63. The minimum atomic E-state index is -1.15.